The van der Waals surface area contributed by atoms with Crippen LogP contribution >= 0.6 is 0 Å². The molecular formula is C48H61N3O10. The van der Waals surface area contributed by atoms with Gasteiger partial charge in [-0.2, -0.15) is 0 Å². The van der Waals surface area contributed by atoms with Crippen LogP contribution in [0.5, 0.6) is 11.5 Å². The van der Waals surface area contributed by atoms with Crippen molar-refractivity contribution in [3.05, 3.63) is 120 Å². The Labute approximate surface area is 359 Å². The van der Waals surface area contributed by atoms with E-state index in [1.54, 1.807) is 25.3 Å². The van der Waals surface area contributed by atoms with E-state index in [1.807, 2.05) is 73.7 Å². The van der Waals surface area contributed by atoms with Gasteiger partial charge in [0, 0.05) is 44.7 Å². The summed E-state index contributed by atoms with van der Waals surface area (Å²) in [6.07, 6.45) is 7.40. The van der Waals surface area contributed by atoms with E-state index in [0.29, 0.717) is 43.2 Å². The highest BCUT2D eigenvalue weighted by Gasteiger charge is 2.65. The summed E-state index contributed by atoms with van der Waals surface area (Å²) < 4.78 is 31.5. The van der Waals surface area contributed by atoms with Crippen molar-refractivity contribution in [2.45, 2.75) is 82.8 Å². The lowest BCUT2D eigenvalue weighted by Gasteiger charge is -2.59. The van der Waals surface area contributed by atoms with Crippen LogP contribution in [0.3, 0.4) is 0 Å². The summed E-state index contributed by atoms with van der Waals surface area (Å²) in [4.78, 5) is 34.5. The smallest absolute Gasteiger partial charge is 0.412 e. The van der Waals surface area contributed by atoms with Gasteiger partial charge >= 0.3 is 12.2 Å². The molecule has 61 heavy (non-hydrogen) atoms. The SMILES string of the molecule is C=CCOC12Oc3ccc(OC(=O)NCC)cc3C3C(CCCCO)C(CCCCO)C=C(C(=NOCc4ccccc4)CC1N(C)C(=O)OCCOCc1ccccc1)C32. The van der Waals surface area contributed by atoms with Crippen LogP contribution < -0.4 is 14.8 Å². The van der Waals surface area contributed by atoms with E-state index < -0.39 is 29.9 Å². The molecular weight excluding hydrogens is 779 g/mol. The number of unbranched alkanes of at least 4 members (excludes halogenated alkanes) is 2. The number of carbonyl (C=O) groups is 2. The lowest BCUT2D eigenvalue weighted by molar-refractivity contribution is -0.253. The molecule has 0 saturated heterocycles. The molecule has 3 aliphatic rings. The van der Waals surface area contributed by atoms with Crippen LogP contribution in [0.25, 0.3) is 0 Å². The van der Waals surface area contributed by atoms with Crippen LogP contribution in [-0.4, -0.2) is 91.5 Å². The molecule has 6 rings (SSSR count). The van der Waals surface area contributed by atoms with E-state index in [-0.39, 0.29) is 63.8 Å². The average molecular weight is 840 g/mol. The highest BCUT2D eigenvalue weighted by Crippen LogP contribution is 2.61. The van der Waals surface area contributed by atoms with Gasteiger partial charge in [0.2, 0.25) is 5.79 Å². The number of ether oxygens (including phenoxy) is 5. The summed E-state index contributed by atoms with van der Waals surface area (Å²) in [6, 6.07) is 24.2. The normalized spacial score (nSPS) is 23.1. The third-order valence-electron chi connectivity index (χ3n) is 11.7. The van der Waals surface area contributed by atoms with E-state index in [4.69, 9.17) is 33.7 Å². The average Bonchev–Trinajstić information content (AvgIpc) is 3.27. The van der Waals surface area contributed by atoms with Gasteiger partial charge in [0.15, 0.2) is 0 Å². The van der Waals surface area contributed by atoms with Gasteiger partial charge in [-0.3, -0.25) is 0 Å². The highest BCUT2D eigenvalue weighted by atomic mass is 16.7. The van der Waals surface area contributed by atoms with Crippen molar-refractivity contribution < 1.29 is 48.3 Å². The van der Waals surface area contributed by atoms with Crippen molar-refractivity contribution >= 4 is 17.9 Å². The number of fused-ring (bicyclic) bond motifs is 2. The van der Waals surface area contributed by atoms with Gasteiger partial charge in [-0.05, 0) is 79.3 Å². The molecule has 1 heterocycles. The zero-order valence-corrected chi connectivity index (χ0v) is 35.4. The molecule has 3 N–H and O–H groups in total. The molecule has 1 saturated carbocycles. The molecule has 328 valence electrons. The van der Waals surface area contributed by atoms with Crippen LogP contribution in [-0.2, 0) is 32.3 Å². The maximum Gasteiger partial charge on any atom is 0.412 e. The van der Waals surface area contributed by atoms with E-state index in [9.17, 15) is 19.8 Å². The van der Waals surface area contributed by atoms with Crippen molar-refractivity contribution in [1.29, 1.82) is 0 Å². The maximum absolute atomic E-state index is 14.1. The van der Waals surface area contributed by atoms with Crippen molar-refractivity contribution in [1.82, 2.24) is 10.2 Å². The first-order valence-electron chi connectivity index (χ1n) is 21.5. The summed E-state index contributed by atoms with van der Waals surface area (Å²) in [5.41, 5.74) is 4.35. The molecule has 0 bridgehead atoms. The number of hydrogen-bond donors (Lipinski definition) is 3. The van der Waals surface area contributed by atoms with E-state index in [0.717, 1.165) is 47.9 Å². The molecule has 3 aromatic rings. The van der Waals surface area contributed by atoms with Crippen molar-refractivity contribution in [3.63, 3.8) is 0 Å². The molecule has 13 nitrogen and oxygen atoms in total. The van der Waals surface area contributed by atoms with Gasteiger partial charge in [0.25, 0.3) is 0 Å². The third kappa shape index (κ3) is 11.2. The van der Waals surface area contributed by atoms with Crippen LogP contribution in [0.1, 0.15) is 74.5 Å². The minimum atomic E-state index is -1.46. The van der Waals surface area contributed by atoms with E-state index in [2.05, 4.69) is 18.0 Å². The van der Waals surface area contributed by atoms with Gasteiger partial charge in [-0.1, -0.05) is 90.8 Å². The van der Waals surface area contributed by atoms with Gasteiger partial charge in [0.1, 0.15) is 30.8 Å². The zero-order valence-electron chi connectivity index (χ0n) is 35.4. The second-order valence-electron chi connectivity index (χ2n) is 15.7. The first kappa shape index (κ1) is 45.3. The van der Waals surface area contributed by atoms with Crippen LogP contribution in [0.15, 0.2) is 108 Å². The lowest BCUT2D eigenvalue weighted by atomic mass is 9.55. The number of allylic oxidation sites excluding steroid dienone is 1. The Balaban J connectivity index is 1.44. The fourth-order valence-electron chi connectivity index (χ4n) is 9.02. The molecule has 0 spiro atoms. The quantitative estimate of drug-likeness (QED) is 0.0516. The minimum Gasteiger partial charge on any atom is -0.459 e. The van der Waals surface area contributed by atoms with Gasteiger partial charge in [-0.25, -0.2) is 9.59 Å². The number of aliphatic hydroxyl groups excluding tert-OH is 2. The number of nitrogens with one attached hydrogen (secondary N) is 1. The Morgan fingerprint density at radius 1 is 0.951 bits per heavy atom. The molecule has 6 atom stereocenters. The lowest BCUT2D eigenvalue weighted by Crippen LogP contribution is -2.69. The predicted octanol–water partition coefficient (Wildman–Crippen LogP) is 7.91. The second kappa shape index (κ2) is 22.6. The van der Waals surface area contributed by atoms with Crippen molar-refractivity contribution in [3.8, 4) is 11.5 Å². The van der Waals surface area contributed by atoms with Gasteiger partial charge < -0.3 is 49.0 Å². The number of benzene rings is 3. The van der Waals surface area contributed by atoms with Crippen molar-refractivity contribution in [2.24, 2.45) is 22.9 Å². The molecule has 2 aliphatic carbocycles. The number of hydrogen-bond acceptors (Lipinski definition) is 11. The Kier molecular flexibility index (Phi) is 16.8. The van der Waals surface area contributed by atoms with Gasteiger partial charge in [0.05, 0.1) is 31.5 Å². The van der Waals surface area contributed by atoms with E-state index >= 15 is 0 Å². The predicted molar refractivity (Wildman–Crippen MR) is 231 cm³/mol. The minimum absolute atomic E-state index is 0.00248. The molecule has 0 aromatic heterocycles. The first-order chi connectivity index (χ1) is 29.8. The van der Waals surface area contributed by atoms with Crippen molar-refractivity contribution in [2.75, 3.05) is 46.6 Å². The summed E-state index contributed by atoms with van der Waals surface area (Å²) in [7, 11) is 1.68. The Morgan fingerprint density at radius 2 is 1.66 bits per heavy atom. The third-order valence-corrected chi connectivity index (χ3v) is 11.7. The molecule has 1 fully saturated rings. The molecule has 13 heteroatoms. The molecule has 6 unspecified atom stereocenters. The highest BCUT2D eigenvalue weighted by molar-refractivity contribution is 6.03. The first-order valence-corrected chi connectivity index (χ1v) is 21.5. The maximum atomic E-state index is 14.1. The number of oxime groups is 1. The number of aliphatic hydroxyl groups is 2. The fraction of sp³-hybridized carbons (Fsp3) is 0.479. The number of carbonyl (C=O) groups excluding carboxylic acids is 2. The Morgan fingerprint density at radius 3 is 2.34 bits per heavy atom. The number of likely N-dealkylation sites (N-methyl/N-ethyl adjacent to an activating group) is 1. The Hall–Kier alpha value is -5.21. The van der Waals surface area contributed by atoms with Crippen LogP contribution in [0, 0.1) is 17.8 Å². The van der Waals surface area contributed by atoms with E-state index in [1.165, 1.54) is 4.90 Å². The topological polar surface area (TPSA) is 158 Å². The summed E-state index contributed by atoms with van der Waals surface area (Å²) in [5, 5.41) is 27.3. The molecule has 3 aromatic carbocycles. The second-order valence-corrected chi connectivity index (χ2v) is 15.7. The Bertz CT molecular complexity index is 1940. The number of nitrogens with zero attached hydrogens (tertiary/aromatic N) is 2. The summed E-state index contributed by atoms with van der Waals surface area (Å²) in [5.74, 6) is -1.35. The van der Waals surface area contributed by atoms with Gasteiger partial charge in [-0.15, -0.1) is 6.58 Å². The number of amides is 2. The zero-order chi connectivity index (χ0) is 43.0. The largest absolute Gasteiger partial charge is 0.459 e. The monoisotopic (exact) mass is 839 g/mol. The molecule has 0 radical (unpaired) electrons. The molecule has 1 aliphatic heterocycles. The fourth-order valence-corrected chi connectivity index (χ4v) is 9.02. The number of rotatable bonds is 22. The summed E-state index contributed by atoms with van der Waals surface area (Å²) in [6.45, 7) is 7.33. The van der Waals surface area contributed by atoms with Crippen LogP contribution in [0.2, 0.25) is 0 Å². The standard InChI is InChI=1S/C48H61N3O10/c1-4-26-58-48-43(51(3)47(55)57-28-27-56-32-34-16-8-6-9-17-34)31-41(50-59-33-35-18-10-7-11-19-35)39-29-36(20-12-14-24-52)38(21-13-15-25-53)44(45(39)48)40-30-37(22-23-42(40)61-48)60-46(54)49-5-2/h4,6-11,16-19,22-23,29-30,36,38,43-45,52-53H,1,5,12-15,20-21,24-28,31-33H2,2-3H3,(H,49,54). The molecule has 2 amide bonds. The van der Waals surface area contributed by atoms with Crippen LogP contribution in [0.4, 0.5) is 9.59 Å². The summed E-state index contributed by atoms with van der Waals surface area (Å²) >= 11 is 0.